The molecule has 3 rings (SSSR count). The van der Waals surface area contributed by atoms with Gasteiger partial charge in [0.1, 0.15) is 11.2 Å². The Morgan fingerprint density at radius 1 is 1.23 bits per heavy atom. The molecule has 0 bridgehead atoms. The maximum absolute atomic E-state index is 13.1. The van der Waals surface area contributed by atoms with Crippen LogP contribution in [0.25, 0.3) is 0 Å². The zero-order valence-electron chi connectivity index (χ0n) is 19.2. The average molecular weight is 433 g/mol. The van der Waals surface area contributed by atoms with Gasteiger partial charge in [0.2, 0.25) is 5.91 Å². The molecule has 0 spiro atoms. The van der Waals surface area contributed by atoms with Gasteiger partial charge in [0.05, 0.1) is 6.54 Å². The van der Waals surface area contributed by atoms with Gasteiger partial charge >= 0.3 is 0 Å². The summed E-state index contributed by atoms with van der Waals surface area (Å²) in [5.41, 5.74) is -0.517. The largest absolute Gasteiger partial charge is 0.351 e. The number of hydrogen-bond acceptors (Lipinski definition) is 5. The SMILES string of the molecule is CCN(CC)CCNC(=O)c1cc2n(n1)C[C@](C)(C(=O)NC1CCCCC1)N(C)C2=O. The van der Waals surface area contributed by atoms with E-state index in [-0.39, 0.29) is 36.0 Å². The topological polar surface area (TPSA) is 99.6 Å². The summed E-state index contributed by atoms with van der Waals surface area (Å²) >= 11 is 0. The van der Waals surface area contributed by atoms with Gasteiger partial charge in [-0.2, -0.15) is 5.10 Å². The molecule has 1 aliphatic carbocycles. The number of likely N-dealkylation sites (N-methyl/N-ethyl adjacent to an activating group) is 2. The van der Waals surface area contributed by atoms with E-state index in [9.17, 15) is 14.4 Å². The minimum Gasteiger partial charge on any atom is -0.351 e. The molecule has 3 amide bonds. The minimum absolute atomic E-state index is 0.160. The molecule has 1 fully saturated rings. The first-order valence-corrected chi connectivity index (χ1v) is 11.5. The number of carbonyl (C=O) groups is 3. The Hall–Kier alpha value is -2.42. The lowest BCUT2D eigenvalue weighted by Gasteiger charge is -2.41. The summed E-state index contributed by atoms with van der Waals surface area (Å²) in [5, 5.41) is 10.4. The smallest absolute Gasteiger partial charge is 0.272 e. The molecule has 9 heteroatoms. The highest BCUT2D eigenvalue weighted by Gasteiger charge is 2.46. The van der Waals surface area contributed by atoms with Gasteiger partial charge in [0, 0.05) is 32.2 Å². The molecule has 1 aliphatic heterocycles. The summed E-state index contributed by atoms with van der Waals surface area (Å²) < 4.78 is 1.50. The molecule has 0 unspecified atom stereocenters. The van der Waals surface area contributed by atoms with Crippen LogP contribution in [0.4, 0.5) is 0 Å². The lowest BCUT2D eigenvalue weighted by molar-refractivity contribution is -0.133. The van der Waals surface area contributed by atoms with E-state index in [4.69, 9.17) is 0 Å². The maximum Gasteiger partial charge on any atom is 0.272 e. The molecule has 1 atom stereocenters. The molecule has 0 radical (unpaired) electrons. The maximum atomic E-state index is 13.1. The standard InChI is InChI=1S/C22H36N6O3/c1-5-27(6-2)13-12-23-19(29)17-14-18-20(30)26(4)22(3,15-28(18)25-17)21(31)24-16-10-8-7-9-11-16/h14,16H,5-13,15H2,1-4H3,(H,23,29)(H,24,31)/t22-/m1/s1. The lowest BCUT2D eigenvalue weighted by Crippen LogP contribution is -2.63. The van der Waals surface area contributed by atoms with Crippen molar-refractivity contribution in [1.82, 2.24) is 30.2 Å². The van der Waals surface area contributed by atoms with Crippen LogP contribution >= 0.6 is 0 Å². The van der Waals surface area contributed by atoms with Crippen molar-refractivity contribution in [2.45, 2.75) is 71.0 Å². The lowest BCUT2D eigenvalue weighted by atomic mass is 9.92. The Morgan fingerprint density at radius 3 is 2.55 bits per heavy atom. The van der Waals surface area contributed by atoms with Gasteiger partial charge in [0.25, 0.3) is 11.8 Å². The molecule has 1 aromatic rings. The van der Waals surface area contributed by atoms with E-state index < -0.39 is 5.54 Å². The number of fused-ring (bicyclic) bond motifs is 1. The molecule has 2 N–H and O–H groups in total. The summed E-state index contributed by atoms with van der Waals surface area (Å²) in [6, 6.07) is 1.68. The number of amides is 3. The number of nitrogens with one attached hydrogen (secondary N) is 2. The average Bonchev–Trinajstić information content (AvgIpc) is 3.19. The second-order valence-corrected chi connectivity index (χ2v) is 8.80. The highest BCUT2D eigenvalue weighted by molar-refractivity contribution is 6.01. The summed E-state index contributed by atoms with van der Waals surface area (Å²) in [7, 11) is 1.64. The molecule has 0 aromatic carbocycles. The van der Waals surface area contributed by atoms with Crippen LogP contribution in [0.2, 0.25) is 0 Å². The summed E-state index contributed by atoms with van der Waals surface area (Å²) in [4.78, 5) is 42.4. The van der Waals surface area contributed by atoms with Crippen LogP contribution in [-0.4, -0.2) is 82.1 Å². The fourth-order valence-corrected chi connectivity index (χ4v) is 4.38. The Labute approximate surface area is 184 Å². The Balaban J connectivity index is 1.69. The molecule has 172 valence electrons. The Morgan fingerprint density at radius 2 is 1.90 bits per heavy atom. The Kier molecular flexibility index (Phi) is 7.35. The molecular formula is C22H36N6O3. The first kappa shape index (κ1) is 23.2. The molecule has 9 nitrogen and oxygen atoms in total. The van der Waals surface area contributed by atoms with Crippen LogP contribution in [0, 0.1) is 0 Å². The van der Waals surface area contributed by atoms with Crippen molar-refractivity contribution in [3.8, 4) is 0 Å². The van der Waals surface area contributed by atoms with Crippen LogP contribution in [0.5, 0.6) is 0 Å². The quantitative estimate of drug-likeness (QED) is 0.644. The number of rotatable bonds is 8. The number of nitrogens with zero attached hydrogens (tertiary/aromatic N) is 4. The normalized spacial score (nSPS) is 21.8. The predicted octanol–water partition coefficient (Wildman–Crippen LogP) is 1.25. The summed E-state index contributed by atoms with van der Waals surface area (Å²) in [6.45, 7) is 9.26. The molecule has 1 saturated carbocycles. The summed E-state index contributed by atoms with van der Waals surface area (Å²) in [5.74, 6) is -0.776. The van der Waals surface area contributed by atoms with Crippen LogP contribution in [0.15, 0.2) is 6.07 Å². The van der Waals surface area contributed by atoms with Gasteiger partial charge in [-0.05, 0) is 32.9 Å². The van der Waals surface area contributed by atoms with E-state index in [1.165, 1.54) is 22.1 Å². The Bertz CT molecular complexity index is 812. The van der Waals surface area contributed by atoms with E-state index >= 15 is 0 Å². The van der Waals surface area contributed by atoms with E-state index in [2.05, 4.69) is 34.5 Å². The van der Waals surface area contributed by atoms with Gasteiger partial charge in [-0.3, -0.25) is 19.1 Å². The minimum atomic E-state index is -1.05. The zero-order chi connectivity index (χ0) is 22.6. The number of aromatic nitrogens is 2. The predicted molar refractivity (Wildman–Crippen MR) is 118 cm³/mol. The molecular weight excluding hydrogens is 396 g/mol. The van der Waals surface area contributed by atoms with Crippen molar-refractivity contribution in [2.24, 2.45) is 0 Å². The van der Waals surface area contributed by atoms with Gasteiger partial charge in [-0.15, -0.1) is 0 Å². The fraction of sp³-hybridized carbons (Fsp3) is 0.727. The van der Waals surface area contributed by atoms with Crippen molar-refractivity contribution in [1.29, 1.82) is 0 Å². The van der Waals surface area contributed by atoms with Crippen molar-refractivity contribution in [3.63, 3.8) is 0 Å². The van der Waals surface area contributed by atoms with Crippen molar-refractivity contribution >= 4 is 17.7 Å². The van der Waals surface area contributed by atoms with E-state index in [1.807, 2.05) is 0 Å². The second kappa shape index (κ2) is 9.80. The monoisotopic (exact) mass is 432 g/mol. The van der Waals surface area contributed by atoms with E-state index in [1.54, 1.807) is 14.0 Å². The van der Waals surface area contributed by atoms with Crippen LogP contribution < -0.4 is 10.6 Å². The molecule has 2 aliphatic rings. The zero-order valence-corrected chi connectivity index (χ0v) is 19.2. The third-order valence-corrected chi connectivity index (χ3v) is 6.77. The number of hydrogen-bond donors (Lipinski definition) is 2. The van der Waals surface area contributed by atoms with Gasteiger partial charge in [0.15, 0.2) is 5.69 Å². The first-order valence-electron chi connectivity index (χ1n) is 11.5. The fourth-order valence-electron chi connectivity index (χ4n) is 4.38. The molecule has 1 aromatic heterocycles. The van der Waals surface area contributed by atoms with Gasteiger partial charge in [-0.25, -0.2) is 0 Å². The number of carbonyl (C=O) groups excluding carboxylic acids is 3. The highest BCUT2D eigenvalue weighted by atomic mass is 16.2. The van der Waals surface area contributed by atoms with Crippen LogP contribution in [0.3, 0.4) is 0 Å². The second-order valence-electron chi connectivity index (χ2n) is 8.80. The van der Waals surface area contributed by atoms with Crippen LogP contribution in [0.1, 0.15) is 73.9 Å². The van der Waals surface area contributed by atoms with E-state index in [0.29, 0.717) is 12.2 Å². The van der Waals surface area contributed by atoms with Crippen molar-refractivity contribution in [2.75, 3.05) is 33.2 Å². The molecule has 2 heterocycles. The van der Waals surface area contributed by atoms with Crippen molar-refractivity contribution in [3.05, 3.63) is 17.5 Å². The third-order valence-electron chi connectivity index (χ3n) is 6.77. The first-order chi connectivity index (χ1) is 14.8. The third kappa shape index (κ3) is 4.92. The molecule has 31 heavy (non-hydrogen) atoms. The van der Waals surface area contributed by atoms with Gasteiger partial charge < -0.3 is 20.4 Å². The van der Waals surface area contributed by atoms with Gasteiger partial charge in [-0.1, -0.05) is 33.1 Å². The summed E-state index contributed by atoms with van der Waals surface area (Å²) in [6.07, 6.45) is 5.39. The van der Waals surface area contributed by atoms with E-state index in [0.717, 1.165) is 45.3 Å². The van der Waals surface area contributed by atoms with Crippen molar-refractivity contribution < 1.29 is 14.4 Å². The highest BCUT2D eigenvalue weighted by Crippen LogP contribution is 2.27. The molecule has 0 saturated heterocycles. The van der Waals surface area contributed by atoms with Crippen LogP contribution in [-0.2, 0) is 11.3 Å².